The Morgan fingerprint density at radius 2 is 1.14 bits per heavy atom. The standard InChI is InChI=1S/C11H9ClF3N3O3.C11H7ClF3N3O2.CH4/c12-7-3-1-6(2-4-7)8-16-17-9(19)18(8)5-10(20,21)11(13,14)15;12-7-3-1-6(2-4-7)9-16-17-10(20)18(9)5-8(19)11(13,14)15;/h1-4,20-21H,5H2,(H,17,19);1-4H,5H2,(H,17,20);1H4. The molecule has 0 amide bonds. The van der Waals surface area contributed by atoms with Crippen molar-refractivity contribution in [1.29, 1.82) is 0 Å². The van der Waals surface area contributed by atoms with Gasteiger partial charge < -0.3 is 10.2 Å². The first kappa shape index (κ1) is 34.3. The molecule has 0 atom stereocenters. The van der Waals surface area contributed by atoms with E-state index < -0.39 is 48.4 Å². The van der Waals surface area contributed by atoms with E-state index in [-0.39, 0.29) is 24.6 Å². The van der Waals surface area contributed by atoms with Crippen molar-refractivity contribution < 1.29 is 41.4 Å². The molecule has 4 aromatic rings. The van der Waals surface area contributed by atoms with E-state index in [1.807, 2.05) is 10.2 Å². The number of hydrogen-bond acceptors (Lipinski definition) is 7. The topological polar surface area (TPSA) is 159 Å². The molecule has 0 spiro atoms. The SMILES string of the molecule is C.O=C(Cn1c(-c2ccc(Cl)cc2)n[nH]c1=O)C(F)(F)F.O=c1[nH]nc(-c2ccc(Cl)cc2)n1CC(O)(O)C(F)(F)F. The lowest BCUT2D eigenvalue weighted by Crippen LogP contribution is -2.50. The first-order chi connectivity index (χ1) is 18.9. The van der Waals surface area contributed by atoms with Gasteiger partial charge in [-0.3, -0.25) is 13.9 Å². The number of aromatic amines is 2. The molecule has 0 unspecified atom stereocenters. The lowest BCUT2D eigenvalue weighted by molar-refractivity contribution is -0.353. The van der Waals surface area contributed by atoms with Crippen molar-refractivity contribution in [2.45, 2.75) is 38.7 Å². The molecule has 0 aliphatic carbocycles. The molecule has 11 nitrogen and oxygen atoms in total. The predicted octanol–water partition coefficient (Wildman–Crippen LogP) is 3.79. The van der Waals surface area contributed by atoms with Gasteiger partial charge in [0, 0.05) is 21.2 Å². The van der Waals surface area contributed by atoms with Crippen molar-refractivity contribution in [3.63, 3.8) is 0 Å². The molecule has 0 aliphatic heterocycles. The summed E-state index contributed by atoms with van der Waals surface area (Å²) in [5.41, 5.74) is -1.25. The van der Waals surface area contributed by atoms with Gasteiger partial charge in [0.25, 0.3) is 11.6 Å². The summed E-state index contributed by atoms with van der Waals surface area (Å²) in [4.78, 5) is 33.9. The van der Waals surface area contributed by atoms with Crippen LogP contribution in [-0.2, 0) is 17.9 Å². The summed E-state index contributed by atoms with van der Waals surface area (Å²) >= 11 is 11.4. The monoisotopic (exact) mass is 644 g/mol. The number of benzene rings is 2. The fraction of sp³-hybridized carbons (Fsp3) is 0.261. The van der Waals surface area contributed by atoms with E-state index in [2.05, 4.69) is 10.2 Å². The quantitative estimate of drug-likeness (QED) is 0.184. The number of nitrogens with zero attached hydrogens (tertiary/aromatic N) is 4. The molecular weight excluding hydrogens is 625 g/mol. The Bertz CT molecular complexity index is 1620. The van der Waals surface area contributed by atoms with Gasteiger partial charge in [-0.1, -0.05) is 30.6 Å². The van der Waals surface area contributed by atoms with Crippen molar-refractivity contribution >= 4 is 29.0 Å². The molecule has 0 saturated heterocycles. The molecule has 0 fully saturated rings. The molecule has 4 N–H and O–H groups in total. The van der Waals surface area contributed by atoms with E-state index in [4.69, 9.17) is 33.4 Å². The Hall–Kier alpha value is -3.93. The van der Waals surface area contributed by atoms with Crippen molar-refractivity contribution in [2.75, 3.05) is 0 Å². The number of aromatic nitrogens is 6. The zero-order valence-electron chi connectivity index (χ0n) is 20.0. The highest BCUT2D eigenvalue weighted by molar-refractivity contribution is 6.30. The lowest BCUT2D eigenvalue weighted by Gasteiger charge is -2.24. The van der Waals surface area contributed by atoms with Crippen LogP contribution >= 0.6 is 23.2 Å². The zero-order valence-corrected chi connectivity index (χ0v) is 21.5. The summed E-state index contributed by atoms with van der Waals surface area (Å²) in [6.45, 7) is -2.54. The van der Waals surface area contributed by atoms with Crippen LogP contribution < -0.4 is 11.4 Å². The fourth-order valence-corrected chi connectivity index (χ4v) is 3.36. The molecule has 19 heteroatoms. The van der Waals surface area contributed by atoms with Crippen molar-refractivity contribution in [3.8, 4) is 22.8 Å². The van der Waals surface area contributed by atoms with Gasteiger partial charge in [-0.05, 0) is 48.5 Å². The molecule has 2 aromatic heterocycles. The number of carbonyl (C=O) groups excluding carboxylic acids is 1. The van der Waals surface area contributed by atoms with Crippen LogP contribution in [0.4, 0.5) is 26.3 Å². The smallest absolute Gasteiger partial charge is 0.357 e. The minimum Gasteiger partial charge on any atom is -0.357 e. The first-order valence-corrected chi connectivity index (χ1v) is 11.6. The third-order valence-electron chi connectivity index (χ3n) is 5.17. The molecular formula is C23H20Cl2F6N6O5. The van der Waals surface area contributed by atoms with Crippen LogP contribution in [0.5, 0.6) is 0 Å². The zero-order chi connectivity index (χ0) is 30.8. The summed E-state index contributed by atoms with van der Waals surface area (Å²) in [5.74, 6) is -6.32. The normalized spacial score (nSPS) is 11.9. The van der Waals surface area contributed by atoms with E-state index in [1.165, 1.54) is 48.5 Å². The van der Waals surface area contributed by atoms with Gasteiger partial charge in [0.05, 0.1) is 13.1 Å². The molecule has 2 aromatic carbocycles. The maximum absolute atomic E-state index is 12.5. The minimum atomic E-state index is -5.32. The number of H-pyrrole nitrogens is 2. The highest BCUT2D eigenvalue weighted by Gasteiger charge is 2.53. The highest BCUT2D eigenvalue weighted by atomic mass is 35.5. The third kappa shape index (κ3) is 8.09. The van der Waals surface area contributed by atoms with Gasteiger partial charge >= 0.3 is 23.7 Å². The van der Waals surface area contributed by atoms with Crippen LogP contribution in [0.25, 0.3) is 22.8 Å². The number of nitrogens with one attached hydrogen (secondary N) is 2. The number of carbonyl (C=O) groups is 1. The number of halogens is 8. The van der Waals surface area contributed by atoms with Gasteiger partial charge in [-0.2, -0.15) is 36.5 Å². The van der Waals surface area contributed by atoms with Crippen molar-refractivity contribution in [2.24, 2.45) is 0 Å². The summed E-state index contributed by atoms with van der Waals surface area (Å²) in [6.07, 6.45) is -10.3. The minimum absolute atomic E-state index is 0. The van der Waals surface area contributed by atoms with E-state index in [9.17, 15) is 40.7 Å². The number of hydrogen-bond donors (Lipinski definition) is 4. The largest absolute Gasteiger partial charge is 0.451 e. The molecule has 2 heterocycles. The van der Waals surface area contributed by atoms with E-state index in [0.717, 1.165) is 0 Å². The van der Waals surface area contributed by atoms with Crippen LogP contribution in [0.2, 0.25) is 10.0 Å². The Kier molecular flexibility index (Phi) is 10.6. The summed E-state index contributed by atoms with van der Waals surface area (Å²) < 4.78 is 75.3. The molecule has 228 valence electrons. The molecule has 42 heavy (non-hydrogen) atoms. The van der Waals surface area contributed by atoms with Gasteiger partial charge in [0.1, 0.15) is 0 Å². The third-order valence-corrected chi connectivity index (χ3v) is 5.68. The van der Waals surface area contributed by atoms with E-state index in [1.54, 1.807) is 0 Å². The molecule has 0 bridgehead atoms. The highest BCUT2D eigenvalue weighted by Crippen LogP contribution is 2.30. The first-order valence-electron chi connectivity index (χ1n) is 10.8. The van der Waals surface area contributed by atoms with Crippen molar-refractivity contribution in [1.82, 2.24) is 29.5 Å². The van der Waals surface area contributed by atoms with E-state index in [0.29, 0.717) is 24.7 Å². The summed E-state index contributed by atoms with van der Waals surface area (Å²) in [5, 5.41) is 30.1. The lowest BCUT2D eigenvalue weighted by atomic mass is 10.2. The van der Waals surface area contributed by atoms with E-state index >= 15 is 0 Å². The molecule has 0 radical (unpaired) electrons. The average molecular weight is 645 g/mol. The number of Topliss-reactive ketones (excluding diaryl/α,β-unsaturated/α-hetero) is 1. The number of ketones is 1. The Balaban J connectivity index is 0.000000287. The van der Waals surface area contributed by atoms with Crippen LogP contribution in [0, 0.1) is 0 Å². The number of alkyl halides is 6. The molecule has 0 aliphatic rings. The molecule has 0 saturated carbocycles. The number of aliphatic hydroxyl groups is 2. The van der Waals surface area contributed by atoms with Crippen LogP contribution in [0.3, 0.4) is 0 Å². The fourth-order valence-electron chi connectivity index (χ4n) is 3.11. The summed E-state index contributed by atoms with van der Waals surface area (Å²) in [7, 11) is 0. The van der Waals surface area contributed by atoms with Gasteiger partial charge in [0.2, 0.25) is 0 Å². The van der Waals surface area contributed by atoms with Crippen LogP contribution in [0.15, 0.2) is 58.1 Å². The maximum atomic E-state index is 12.5. The second-order valence-electron chi connectivity index (χ2n) is 8.13. The number of rotatable bonds is 6. The predicted molar refractivity (Wildman–Crippen MR) is 138 cm³/mol. The van der Waals surface area contributed by atoms with Gasteiger partial charge in [-0.15, -0.1) is 0 Å². The second-order valence-corrected chi connectivity index (χ2v) is 9.00. The van der Waals surface area contributed by atoms with Crippen molar-refractivity contribution in [3.05, 3.63) is 79.5 Å². The average Bonchev–Trinajstić information content (AvgIpc) is 3.41. The van der Waals surface area contributed by atoms with Gasteiger partial charge in [0.15, 0.2) is 11.6 Å². The summed E-state index contributed by atoms with van der Waals surface area (Å²) in [6, 6.07) is 11.7. The Morgan fingerprint density at radius 1 is 0.762 bits per heavy atom. The Morgan fingerprint density at radius 3 is 1.52 bits per heavy atom. The second kappa shape index (κ2) is 12.9. The molecule has 4 rings (SSSR count). The Labute approximate surface area is 240 Å². The van der Waals surface area contributed by atoms with Crippen LogP contribution in [0.1, 0.15) is 7.43 Å². The van der Waals surface area contributed by atoms with Crippen LogP contribution in [-0.4, -0.2) is 63.7 Å². The van der Waals surface area contributed by atoms with Gasteiger partial charge in [-0.25, -0.2) is 19.8 Å². The maximum Gasteiger partial charge on any atom is 0.451 e.